The number of fused-ring (bicyclic) bond motifs is 1. The lowest BCUT2D eigenvalue weighted by Crippen LogP contribution is -2.49. The van der Waals surface area contributed by atoms with Gasteiger partial charge in [0.2, 0.25) is 0 Å². The van der Waals surface area contributed by atoms with E-state index in [0.29, 0.717) is 18.7 Å². The van der Waals surface area contributed by atoms with Crippen LogP contribution in [0.1, 0.15) is 16.1 Å². The highest BCUT2D eigenvalue weighted by atomic mass is 32.1. The molecule has 6 nitrogen and oxygen atoms in total. The van der Waals surface area contributed by atoms with Gasteiger partial charge in [0.05, 0.1) is 27.2 Å². The molecule has 4 aromatic rings. The van der Waals surface area contributed by atoms with Crippen LogP contribution in [0.3, 0.4) is 0 Å². The molecule has 8 heteroatoms. The van der Waals surface area contributed by atoms with E-state index in [-0.39, 0.29) is 5.91 Å². The lowest BCUT2D eigenvalue weighted by molar-refractivity contribution is 0.0745. The molecule has 4 aromatic heterocycles. The molecule has 1 fully saturated rings. The molecular weight excluding hydrogens is 402 g/mol. The zero-order chi connectivity index (χ0) is 19.8. The van der Waals surface area contributed by atoms with Crippen molar-refractivity contribution in [2.24, 2.45) is 0 Å². The molecule has 0 atom stereocenters. The number of carbonyl (C=O) groups is 1. The fourth-order valence-electron chi connectivity index (χ4n) is 3.67. The van der Waals surface area contributed by atoms with Crippen LogP contribution in [0.5, 0.6) is 0 Å². The molecule has 0 aliphatic carbocycles. The Hall–Kier alpha value is -2.84. The van der Waals surface area contributed by atoms with Crippen molar-refractivity contribution in [2.45, 2.75) is 6.92 Å². The highest BCUT2D eigenvalue weighted by molar-refractivity contribution is 7.16. The van der Waals surface area contributed by atoms with Gasteiger partial charge in [-0.05, 0) is 41.9 Å². The molecule has 0 aromatic carbocycles. The summed E-state index contributed by atoms with van der Waals surface area (Å²) in [5.41, 5.74) is 2.38. The van der Waals surface area contributed by atoms with Gasteiger partial charge in [-0.2, -0.15) is 0 Å². The number of nitrogens with zero attached hydrogens (tertiary/aromatic N) is 5. The number of aromatic nitrogens is 3. The van der Waals surface area contributed by atoms with Crippen molar-refractivity contribution in [3.05, 3.63) is 58.7 Å². The Balaban J connectivity index is 1.31. The van der Waals surface area contributed by atoms with E-state index in [2.05, 4.69) is 25.9 Å². The predicted molar refractivity (Wildman–Crippen MR) is 118 cm³/mol. The van der Waals surface area contributed by atoms with Gasteiger partial charge in [-0.1, -0.05) is 6.07 Å². The molecule has 0 N–H and O–H groups in total. The Morgan fingerprint density at radius 2 is 1.86 bits per heavy atom. The van der Waals surface area contributed by atoms with E-state index in [1.807, 2.05) is 46.8 Å². The van der Waals surface area contributed by atoms with E-state index in [1.54, 1.807) is 29.0 Å². The van der Waals surface area contributed by atoms with Crippen LogP contribution in [0.25, 0.3) is 20.8 Å². The summed E-state index contributed by atoms with van der Waals surface area (Å²) in [5.74, 6) is 1.01. The topological polar surface area (TPSA) is 62.2 Å². The number of carbonyl (C=O) groups excluding carboxylic acids is 1. The first-order chi connectivity index (χ1) is 14.2. The molecule has 5 heterocycles. The summed E-state index contributed by atoms with van der Waals surface area (Å²) in [7, 11) is 0. The molecule has 29 heavy (non-hydrogen) atoms. The van der Waals surface area contributed by atoms with Crippen molar-refractivity contribution >= 4 is 44.6 Å². The Morgan fingerprint density at radius 1 is 1.00 bits per heavy atom. The second kappa shape index (κ2) is 7.53. The normalized spacial score (nSPS) is 14.5. The number of amides is 1. The van der Waals surface area contributed by atoms with Crippen molar-refractivity contribution in [1.82, 2.24) is 19.9 Å². The number of aryl methyl sites for hydroxylation is 1. The number of anilines is 1. The Morgan fingerprint density at radius 3 is 2.62 bits per heavy atom. The summed E-state index contributed by atoms with van der Waals surface area (Å²) in [6.07, 6.45) is 1.62. The van der Waals surface area contributed by atoms with E-state index in [9.17, 15) is 4.79 Å². The van der Waals surface area contributed by atoms with Crippen LogP contribution in [-0.2, 0) is 0 Å². The summed E-state index contributed by atoms with van der Waals surface area (Å²) >= 11 is 3.27. The Labute approximate surface area is 176 Å². The lowest BCUT2D eigenvalue weighted by Gasteiger charge is -2.35. The largest absolute Gasteiger partial charge is 0.352 e. The number of hydrogen-bond acceptors (Lipinski definition) is 7. The number of thiophene rings is 2. The Kier molecular flexibility index (Phi) is 4.73. The zero-order valence-corrected chi connectivity index (χ0v) is 17.5. The van der Waals surface area contributed by atoms with E-state index in [0.717, 1.165) is 45.4 Å². The fourth-order valence-corrected chi connectivity index (χ4v) is 5.09. The van der Waals surface area contributed by atoms with Crippen LogP contribution >= 0.6 is 22.7 Å². The average Bonchev–Trinajstić information content (AvgIpc) is 3.45. The summed E-state index contributed by atoms with van der Waals surface area (Å²) in [4.78, 5) is 32.8. The SMILES string of the molecule is Cc1nc(-c2cccs2)ccc1C(=O)N1CCN(c2ncnc3sccc23)CC1. The van der Waals surface area contributed by atoms with Gasteiger partial charge in [-0.25, -0.2) is 9.97 Å². The first-order valence-corrected chi connectivity index (χ1v) is 11.2. The van der Waals surface area contributed by atoms with Crippen LogP contribution in [0, 0.1) is 6.92 Å². The van der Waals surface area contributed by atoms with Gasteiger partial charge in [0.1, 0.15) is 17.0 Å². The molecule has 0 bridgehead atoms. The quantitative estimate of drug-likeness (QED) is 0.499. The standard InChI is InChI=1S/C21H19N5OS2/c1-14-15(4-5-17(24-14)18-3-2-11-28-18)21(27)26-9-7-25(8-10-26)19-16-6-12-29-20(16)23-13-22-19/h2-6,11-13H,7-10H2,1H3. The number of pyridine rings is 1. The van der Waals surface area contributed by atoms with Crippen molar-refractivity contribution in [2.75, 3.05) is 31.1 Å². The van der Waals surface area contributed by atoms with Crippen molar-refractivity contribution in [3.63, 3.8) is 0 Å². The summed E-state index contributed by atoms with van der Waals surface area (Å²) in [6.45, 7) is 4.76. The lowest BCUT2D eigenvalue weighted by atomic mass is 10.1. The maximum Gasteiger partial charge on any atom is 0.255 e. The molecule has 1 aliphatic rings. The molecule has 1 saturated heterocycles. The van der Waals surface area contributed by atoms with Gasteiger partial charge in [0, 0.05) is 26.2 Å². The third kappa shape index (κ3) is 3.38. The van der Waals surface area contributed by atoms with Gasteiger partial charge >= 0.3 is 0 Å². The summed E-state index contributed by atoms with van der Waals surface area (Å²) in [5, 5.41) is 5.16. The highest BCUT2D eigenvalue weighted by Gasteiger charge is 2.25. The van der Waals surface area contributed by atoms with Gasteiger partial charge in [0.25, 0.3) is 5.91 Å². The van der Waals surface area contributed by atoms with Gasteiger partial charge in [-0.3, -0.25) is 9.78 Å². The first-order valence-electron chi connectivity index (χ1n) is 9.44. The molecule has 1 aliphatic heterocycles. The maximum atomic E-state index is 13.1. The zero-order valence-electron chi connectivity index (χ0n) is 15.9. The smallest absolute Gasteiger partial charge is 0.255 e. The third-order valence-electron chi connectivity index (χ3n) is 5.20. The van der Waals surface area contributed by atoms with E-state index in [1.165, 1.54) is 0 Å². The van der Waals surface area contributed by atoms with Crippen LogP contribution in [-0.4, -0.2) is 51.9 Å². The first kappa shape index (κ1) is 18.2. The van der Waals surface area contributed by atoms with Crippen molar-refractivity contribution in [1.29, 1.82) is 0 Å². The minimum absolute atomic E-state index is 0.0516. The number of hydrogen-bond donors (Lipinski definition) is 0. The van der Waals surface area contributed by atoms with Gasteiger partial charge in [-0.15, -0.1) is 22.7 Å². The highest BCUT2D eigenvalue weighted by Crippen LogP contribution is 2.28. The molecular formula is C21H19N5OS2. The average molecular weight is 422 g/mol. The van der Waals surface area contributed by atoms with Crippen LogP contribution in [0.2, 0.25) is 0 Å². The van der Waals surface area contributed by atoms with Gasteiger partial charge in [0.15, 0.2) is 0 Å². The molecule has 0 saturated carbocycles. The molecule has 5 rings (SSSR count). The summed E-state index contributed by atoms with van der Waals surface area (Å²) < 4.78 is 0. The maximum absolute atomic E-state index is 13.1. The second-order valence-electron chi connectivity index (χ2n) is 6.92. The minimum Gasteiger partial charge on any atom is -0.352 e. The van der Waals surface area contributed by atoms with Crippen LogP contribution < -0.4 is 4.90 Å². The third-order valence-corrected chi connectivity index (χ3v) is 6.91. The van der Waals surface area contributed by atoms with Crippen LogP contribution in [0.4, 0.5) is 5.82 Å². The molecule has 146 valence electrons. The van der Waals surface area contributed by atoms with Gasteiger partial charge < -0.3 is 9.80 Å². The van der Waals surface area contributed by atoms with E-state index >= 15 is 0 Å². The van der Waals surface area contributed by atoms with E-state index in [4.69, 9.17) is 0 Å². The molecule has 0 unspecified atom stereocenters. The fraction of sp³-hybridized carbons (Fsp3) is 0.238. The number of rotatable bonds is 3. The summed E-state index contributed by atoms with van der Waals surface area (Å²) in [6, 6.07) is 9.97. The molecule has 0 spiro atoms. The second-order valence-corrected chi connectivity index (χ2v) is 8.76. The molecule has 1 amide bonds. The van der Waals surface area contributed by atoms with Crippen molar-refractivity contribution < 1.29 is 4.79 Å². The molecule has 0 radical (unpaired) electrons. The van der Waals surface area contributed by atoms with E-state index < -0.39 is 0 Å². The monoisotopic (exact) mass is 421 g/mol. The predicted octanol–water partition coefficient (Wildman–Crippen LogP) is 4.09. The minimum atomic E-state index is 0.0516. The Bertz CT molecular complexity index is 1160. The number of piperazine rings is 1. The van der Waals surface area contributed by atoms with Crippen LogP contribution in [0.15, 0.2) is 47.4 Å². The van der Waals surface area contributed by atoms with Crippen molar-refractivity contribution in [3.8, 4) is 10.6 Å².